The summed E-state index contributed by atoms with van der Waals surface area (Å²) >= 11 is 6.25. The molecule has 0 aliphatic carbocycles. The molecule has 2 bridgehead atoms. The molecule has 152 valence electrons. The van der Waals surface area contributed by atoms with Gasteiger partial charge in [0.1, 0.15) is 10.7 Å². The van der Waals surface area contributed by atoms with E-state index in [1.54, 1.807) is 6.20 Å². The third-order valence-corrected chi connectivity index (χ3v) is 5.57. The normalized spacial score (nSPS) is 27.6. The fourth-order valence-corrected chi connectivity index (χ4v) is 4.09. The fourth-order valence-electron chi connectivity index (χ4n) is 3.94. The molecule has 0 spiro atoms. The molecule has 2 aromatic rings. The molecule has 0 amide bonds. The Hall–Kier alpha value is -2.06. The molecule has 8 nitrogen and oxygen atoms in total. The topological polar surface area (TPSA) is 86.1 Å². The first-order valence-electron chi connectivity index (χ1n) is 9.84. The summed E-state index contributed by atoms with van der Waals surface area (Å²) in [7, 11) is 0. The van der Waals surface area contributed by atoms with Gasteiger partial charge >= 0.3 is 0 Å². The number of nitrogens with zero attached hydrogens (tertiary/aromatic N) is 4. The second kappa shape index (κ2) is 7.75. The highest BCUT2D eigenvalue weighted by Crippen LogP contribution is 2.37. The zero-order chi connectivity index (χ0) is 19.8. The van der Waals surface area contributed by atoms with Crippen molar-refractivity contribution in [3.8, 4) is 5.88 Å². The first kappa shape index (κ1) is 19.3. The molecule has 1 fully saturated rings. The number of nitrogens with one attached hydrogen (secondary N) is 2. The first-order chi connectivity index (χ1) is 13.4. The summed E-state index contributed by atoms with van der Waals surface area (Å²) in [5, 5.41) is 11.9. The monoisotopic (exact) mass is 406 g/mol. The van der Waals surface area contributed by atoms with E-state index in [4.69, 9.17) is 26.2 Å². The minimum Gasteiger partial charge on any atom is -0.475 e. The van der Waals surface area contributed by atoms with Crippen LogP contribution in [0.2, 0.25) is 5.02 Å². The van der Waals surface area contributed by atoms with E-state index >= 15 is 0 Å². The van der Waals surface area contributed by atoms with Gasteiger partial charge in [0.2, 0.25) is 5.95 Å². The Labute approximate surface area is 170 Å². The van der Waals surface area contributed by atoms with Crippen LogP contribution in [0.5, 0.6) is 5.88 Å². The lowest BCUT2D eigenvalue weighted by Crippen LogP contribution is -2.31. The third-order valence-electron chi connectivity index (χ3n) is 5.29. The maximum absolute atomic E-state index is 6.25. The van der Waals surface area contributed by atoms with E-state index in [1.165, 1.54) is 0 Å². The van der Waals surface area contributed by atoms with Gasteiger partial charge in [0.25, 0.3) is 5.88 Å². The van der Waals surface area contributed by atoms with Gasteiger partial charge < -0.3 is 20.1 Å². The van der Waals surface area contributed by atoms with Gasteiger partial charge in [-0.05, 0) is 40.5 Å². The van der Waals surface area contributed by atoms with E-state index in [9.17, 15) is 0 Å². The Bertz CT molecular complexity index is 847. The highest BCUT2D eigenvalue weighted by atomic mass is 35.5. The molecule has 1 saturated heterocycles. The van der Waals surface area contributed by atoms with E-state index in [0.29, 0.717) is 29.3 Å². The molecule has 2 N–H and O–H groups in total. The average molecular weight is 407 g/mol. The molecular formula is C19H27ClN6O2. The summed E-state index contributed by atoms with van der Waals surface area (Å²) in [6.45, 7) is 8.89. The number of halogens is 1. The number of ether oxygens (including phenoxy) is 2. The second-order valence-electron chi connectivity index (χ2n) is 7.79. The standard InChI is InChI=1S/C19H27ClN6O2/c1-10-5-6-27-18-16(23-19-21-9-15(20)17(22-10)24-19)13(4)26(25-18)14-7-11(2)28-12(3)8-14/h9-12,14H,5-8H2,1-4H3,(H2,21,22,23,24). The summed E-state index contributed by atoms with van der Waals surface area (Å²) in [5.74, 6) is 1.66. The molecule has 0 aromatic carbocycles. The van der Waals surface area contributed by atoms with Crippen molar-refractivity contribution in [2.75, 3.05) is 17.2 Å². The highest BCUT2D eigenvalue weighted by molar-refractivity contribution is 6.32. The van der Waals surface area contributed by atoms with Crippen LogP contribution >= 0.6 is 11.6 Å². The zero-order valence-corrected chi connectivity index (χ0v) is 17.5. The SMILES string of the molecule is Cc1c2c(nn1C1CC(C)OC(C)C1)OCCC(C)Nc1nc(ncc1Cl)N2. The maximum atomic E-state index is 6.25. The maximum Gasteiger partial charge on any atom is 0.257 e. The molecule has 0 saturated carbocycles. The van der Waals surface area contributed by atoms with E-state index in [0.717, 1.165) is 30.6 Å². The highest BCUT2D eigenvalue weighted by Gasteiger charge is 2.30. The number of rotatable bonds is 1. The summed E-state index contributed by atoms with van der Waals surface area (Å²) in [5.41, 5.74) is 1.80. The largest absolute Gasteiger partial charge is 0.475 e. The molecule has 2 aromatic heterocycles. The first-order valence-corrected chi connectivity index (χ1v) is 10.2. The van der Waals surface area contributed by atoms with Crippen molar-refractivity contribution in [3.63, 3.8) is 0 Å². The van der Waals surface area contributed by atoms with Crippen LogP contribution < -0.4 is 15.4 Å². The van der Waals surface area contributed by atoms with Gasteiger partial charge in [0.05, 0.1) is 36.7 Å². The number of hydrogen-bond acceptors (Lipinski definition) is 7. The molecule has 4 heterocycles. The summed E-state index contributed by atoms with van der Waals surface area (Å²) in [4.78, 5) is 8.85. The van der Waals surface area contributed by atoms with Gasteiger partial charge in [-0.25, -0.2) is 4.98 Å². The molecule has 2 aliphatic rings. The van der Waals surface area contributed by atoms with E-state index in [-0.39, 0.29) is 24.3 Å². The fraction of sp³-hybridized carbons (Fsp3) is 0.632. The Morgan fingerprint density at radius 3 is 2.71 bits per heavy atom. The lowest BCUT2D eigenvalue weighted by molar-refractivity contribution is -0.0510. The Kier molecular flexibility index (Phi) is 5.33. The van der Waals surface area contributed by atoms with Crippen LogP contribution in [0.15, 0.2) is 6.20 Å². The summed E-state index contributed by atoms with van der Waals surface area (Å²) < 4.78 is 14.0. The van der Waals surface area contributed by atoms with Crippen molar-refractivity contribution >= 4 is 29.1 Å². The van der Waals surface area contributed by atoms with Gasteiger partial charge in [-0.1, -0.05) is 11.6 Å². The van der Waals surface area contributed by atoms with Crippen molar-refractivity contribution in [1.29, 1.82) is 0 Å². The van der Waals surface area contributed by atoms with Crippen LogP contribution in [0.1, 0.15) is 51.8 Å². The quantitative estimate of drug-likeness (QED) is 0.737. The number of aromatic nitrogens is 4. The second-order valence-corrected chi connectivity index (χ2v) is 8.20. The van der Waals surface area contributed by atoms with Crippen molar-refractivity contribution in [3.05, 3.63) is 16.9 Å². The smallest absolute Gasteiger partial charge is 0.257 e. The van der Waals surface area contributed by atoms with E-state index in [1.807, 2.05) is 6.92 Å². The van der Waals surface area contributed by atoms with Gasteiger partial charge in [0.15, 0.2) is 5.82 Å². The third kappa shape index (κ3) is 3.89. The van der Waals surface area contributed by atoms with Crippen molar-refractivity contribution in [2.24, 2.45) is 0 Å². The van der Waals surface area contributed by atoms with Crippen LogP contribution in [0.4, 0.5) is 17.5 Å². The zero-order valence-electron chi connectivity index (χ0n) is 16.7. The van der Waals surface area contributed by atoms with Crippen molar-refractivity contribution in [1.82, 2.24) is 19.7 Å². The predicted octanol–water partition coefficient (Wildman–Crippen LogP) is 4.09. The number of fused-ring (bicyclic) bond motifs is 3. The van der Waals surface area contributed by atoms with Crippen LogP contribution in [-0.4, -0.2) is 44.6 Å². The van der Waals surface area contributed by atoms with E-state index in [2.05, 4.69) is 46.1 Å². The molecule has 4 rings (SSSR count). The van der Waals surface area contributed by atoms with Crippen molar-refractivity contribution < 1.29 is 9.47 Å². The van der Waals surface area contributed by atoms with Crippen LogP contribution in [-0.2, 0) is 4.74 Å². The molecule has 3 unspecified atom stereocenters. The van der Waals surface area contributed by atoms with Gasteiger partial charge in [-0.15, -0.1) is 5.10 Å². The van der Waals surface area contributed by atoms with Crippen LogP contribution in [0.25, 0.3) is 0 Å². The van der Waals surface area contributed by atoms with E-state index < -0.39 is 0 Å². The lowest BCUT2D eigenvalue weighted by Gasteiger charge is -2.32. The number of hydrogen-bond donors (Lipinski definition) is 2. The minimum absolute atomic E-state index is 0.155. The molecule has 28 heavy (non-hydrogen) atoms. The van der Waals surface area contributed by atoms with Crippen molar-refractivity contribution in [2.45, 2.75) is 71.2 Å². The molecule has 9 heteroatoms. The number of anilines is 3. The Morgan fingerprint density at radius 2 is 1.96 bits per heavy atom. The molecule has 3 atom stereocenters. The average Bonchev–Trinajstić information content (AvgIpc) is 2.92. The molecule has 0 radical (unpaired) electrons. The van der Waals surface area contributed by atoms with Crippen LogP contribution in [0, 0.1) is 6.92 Å². The Balaban J connectivity index is 1.71. The van der Waals surface area contributed by atoms with Gasteiger partial charge in [-0.3, -0.25) is 4.68 Å². The Morgan fingerprint density at radius 1 is 1.21 bits per heavy atom. The van der Waals surface area contributed by atoms with Gasteiger partial charge in [-0.2, -0.15) is 4.98 Å². The molecule has 2 aliphatic heterocycles. The molecular weight excluding hydrogens is 380 g/mol. The lowest BCUT2D eigenvalue weighted by atomic mass is 10.00. The summed E-state index contributed by atoms with van der Waals surface area (Å²) in [6, 6.07) is 0.425. The van der Waals surface area contributed by atoms with Crippen LogP contribution in [0.3, 0.4) is 0 Å². The minimum atomic E-state index is 0.155. The summed E-state index contributed by atoms with van der Waals surface area (Å²) in [6.07, 6.45) is 4.66. The van der Waals surface area contributed by atoms with Gasteiger partial charge in [0, 0.05) is 12.5 Å². The predicted molar refractivity (Wildman–Crippen MR) is 109 cm³/mol.